The van der Waals surface area contributed by atoms with Gasteiger partial charge >= 0.3 is 0 Å². The van der Waals surface area contributed by atoms with Crippen LogP contribution in [0.25, 0.3) is 0 Å². The van der Waals surface area contributed by atoms with Gasteiger partial charge in [-0.25, -0.2) is 0 Å². The second-order valence-corrected chi connectivity index (χ2v) is 4.77. The number of aliphatic hydroxyl groups is 1. The van der Waals surface area contributed by atoms with Crippen molar-refractivity contribution in [3.8, 4) is 0 Å². The van der Waals surface area contributed by atoms with Crippen molar-refractivity contribution in [2.24, 2.45) is 0 Å². The van der Waals surface area contributed by atoms with Crippen LogP contribution in [0.1, 0.15) is 5.56 Å². The topological polar surface area (TPSA) is 41.5 Å². The number of rotatable bonds is 6. The molecule has 1 rings (SSSR count). The average Bonchev–Trinajstić information content (AvgIpc) is 2.26. The first-order valence-electron chi connectivity index (χ1n) is 4.94. The number of hydrogen-bond donors (Lipinski definition) is 2. The molecule has 0 bridgehead atoms. The quantitative estimate of drug-likeness (QED) is 0.846. The lowest BCUT2D eigenvalue weighted by molar-refractivity contribution is 0.128. The van der Waals surface area contributed by atoms with Crippen molar-refractivity contribution in [1.82, 2.24) is 5.32 Å². The van der Waals surface area contributed by atoms with E-state index in [2.05, 4.69) is 21.2 Å². The van der Waals surface area contributed by atoms with Crippen LogP contribution in [0.5, 0.6) is 0 Å². The highest BCUT2D eigenvalue weighted by molar-refractivity contribution is 9.10. The number of halogens is 2. The molecule has 0 spiro atoms. The zero-order chi connectivity index (χ0) is 12.0. The number of hydrogen-bond acceptors (Lipinski definition) is 3. The van der Waals surface area contributed by atoms with Crippen molar-refractivity contribution in [2.45, 2.75) is 12.6 Å². The Morgan fingerprint density at radius 1 is 1.56 bits per heavy atom. The molecule has 5 heteroatoms. The number of ether oxygens (including phenoxy) is 1. The van der Waals surface area contributed by atoms with E-state index in [1.54, 1.807) is 7.11 Å². The van der Waals surface area contributed by atoms with E-state index in [0.717, 1.165) is 10.0 Å². The van der Waals surface area contributed by atoms with Crippen LogP contribution in [0.4, 0.5) is 0 Å². The Balaban J connectivity index is 2.53. The lowest BCUT2D eigenvalue weighted by Crippen LogP contribution is -2.35. The maximum Gasteiger partial charge on any atom is 0.0638 e. The summed E-state index contributed by atoms with van der Waals surface area (Å²) in [5.74, 6) is 0. The van der Waals surface area contributed by atoms with Gasteiger partial charge < -0.3 is 15.2 Å². The lowest BCUT2D eigenvalue weighted by Gasteiger charge is -2.15. The summed E-state index contributed by atoms with van der Waals surface area (Å²) in [4.78, 5) is 0. The normalized spacial score (nSPS) is 12.8. The van der Waals surface area contributed by atoms with Gasteiger partial charge in [0.25, 0.3) is 0 Å². The molecule has 1 atom stereocenters. The molecule has 0 aliphatic heterocycles. The van der Waals surface area contributed by atoms with Crippen LogP contribution in [0.3, 0.4) is 0 Å². The van der Waals surface area contributed by atoms with Crippen LogP contribution < -0.4 is 5.32 Å². The summed E-state index contributed by atoms with van der Waals surface area (Å²) >= 11 is 9.42. The first kappa shape index (κ1) is 13.9. The molecular formula is C11H15BrClNO2. The number of nitrogens with one attached hydrogen (secondary N) is 1. The zero-order valence-electron chi connectivity index (χ0n) is 9.04. The molecule has 0 aliphatic rings. The first-order valence-corrected chi connectivity index (χ1v) is 6.11. The van der Waals surface area contributed by atoms with E-state index in [1.807, 2.05) is 18.2 Å². The molecule has 0 heterocycles. The molecule has 0 amide bonds. The Morgan fingerprint density at radius 2 is 2.31 bits per heavy atom. The molecule has 1 unspecified atom stereocenters. The molecule has 16 heavy (non-hydrogen) atoms. The number of aliphatic hydroxyl groups excluding tert-OH is 1. The second-order valence-electron chi connectivity index (χ2n) is 3.45. The fraction of sp³-hybridized carbons (Fsp3) is 0.455. The standard InChI is InChI=1S/C11H15BrClNO2/c1-16-7-10(6-15)14-5-8-2-3-9(12)4-11(8)13/h2-4,10,14-15H,5-7H2,1H3. The van der Waals surface area contributed by atoms with Crippen LogP contribution in [0.2, 0.25) is 5.02 Å². The van der Waals surface area contributed by atoms with Crippen molar-refractivity contribution in [3.05, 3.63) is 33.3 Å². The Hall–Kier alpha value is -0.130. The summed E-state index contributed by atoms with van der Waals surface area (Å²) in [6.07, 6.45) is 0. The summed E-state index contributed by atoms with van der Waals surface area (Å²) in [6, 6.07) is 5.67. The van der Waals surface area contributed by atoms with Gasteiger partial charge in [0.05, 0.1) is 19.3 Å². The summed E-state index contributed by atoms with van der Waals surface area (Å²) in [7, 11) is 1.61. The summed E-state index contributed by atoms with van der Waals surface area (Å²) < 4.78 is 5.93. The van der Waals surface area contributed by atoms with Gasteiger partial charge in [0.15, 0.2) is 0 Å². The summed E-state index contributed by atoms with van der Waals surface area (Å²) in [5, 5.41) is 12.9. The highest BCUT2D eigenvalue weighted by Gasteiger charge is 2.07. The molecule has 90 valence electrons. The minimum absolute atomic E-state index is 0.0436. The van der Waals surface area contributed by atoms with Crippen LogP contribution in [-0.2, 0) is 11.3 Å². The largest absolute Gasteiger partial charge is 0.395 e. The van der Waals surface area contributed by atoms with Gasteiger partial charge in [-0.3, -0.25) is 0 Å². The van der Waals surface area contributed by atoms with Crippen LogP contribution in [0.15, 0.2) is 22.7 Å². The van der Waals surface area contributed by atoms with Crippen molar-refractivity contribution >= 4 is 27.5 Å². The van der Waals surface area contributed by atoms with E-state index in [0.29, 0.717) is 18.2 Å². The van der Waals surface area contributed by atoms with Crippen LogP contribution in [0, 0.1) is 0 Å². The minimum Gasteiger partial charge on any atom is -0.395 e. The second kappa shape index (κ2) is 7.25. The molecule has 0 saturated heterocycles. The van der Waals surface area contributed by atoms with E-state index >= 15 is 0 Å². The third-order valence-corrected chi connectivity index (χ3v) is 3.03. The number of methoxy groups -OCH3 is 1. The van der Waals surface area contributed by atoms with Crippen molar-refractivity contribution in [3.63, 3.8) is 0 Å². The van der Waals surface area contributed by atoms with Crippen molar-refractivity contribution < 1.29 is 9.84 Å². The molecule has 0 aliphatic carbocycles. The smallest absolute Gasteiger partial charge is 0.0638 e. The summed E-state index contributed by atoms with van der Waals surface area (Å²) in [6.45, 7) is 1.13. The highest BCUT2D eigenvalue weighted by atomic mass is 79.9. The van der Waals surface area contributed by atoms with Gasteiger partial charge in [0, 0.05) is 23.1 Å². The van der Waals surface area contributed by atoms with Gasteiger partial charge in [-0.2, -0.15) is 0 Å². The first-order chi connectivity index (χ1) is 7.67. The Labute approximate surface area is 109 Å². The zero-order valence-corrected chi connectivity index (χ0v) is 11.4. The van der Waals surface area contributed by atoms with Crippen LogP contribution in [-0.4, -0.2) is 31.5 Å². The molecule has 0 radical (unpaired) electrons. The minimum atomic E-state index is -0.0651. The predicted molar refractivity (Wildman–Crippen MR) is 68.7 cm³/mol. The highest BCUT2D eigenvalue weighted by Crippen LogP contribution is 2.21. The lowest BCUT2D eigenvalue weighted by atomic mass is 10.2. The van der Waals surface area contributed by atoms with E-state index < -0.39 is 0 Å². The van der Waals surface area contributed by atoms with E-state index in [4.69, 9.17) is 21.4 Å². The van der Waals surface area contributed by atoms with Gasteiger partial charge in [-0.15, -0.1) is 0 Å². The fourth-order valence-corrected chi connectivity index (χ4v) is 2.04. The third kappa shape index (κ3) is 4.39. The maximum atomic E-state index is 9.07. The molecule has 3 nitrogen and oxygen atoms in total. The maximum absolute atomic E-state index is 9.07. The average molecular weight is 309 g/mol. The molecule has 1 aromatic carbocycles. The van der Waals surface area contributed by atoms with E-state index in [1.165, 1.54) is 0 Å². The molecule has 2 N–H and O–H groups in total. The van der Waals surface area contributed by atoms with Gasteiger partial charge in [-0.05, 0) is 17.7 Å². The fourth-order valence-electron chi connectivity index (χ4n) is 1.30. The van der Waals surface area contributed by atoms with Gasteiger partial charge in [-0.1, -0.05) is 33.6 Å². The number of benzene rings is 1. The predicted octanol–water partition coefficient (Wildman–Crippen LogP) is 2.20. The Morgan fingerprint density at radius 3 is 2.88 bits per heavy atom. The monoisotopic (exact) mass is 307 g/mol. The molecule has 0 aromatic heterocycles. The van der Waals surface area contributed by atoms with Crippen molar-refractivity contribution in [2.75, 3.05) is 20.3 Å². The van der Waals surface area contributed by atoms with E-state index in [-0.39, 0.29) is 12.6 Å². The summed E-state index contributed by atoms with van der Waals surface area (Å²) in [5.41, 5.74) is 0.999. The van der Waals surface area contributed by atoms with E-state index in [9.17, 15) is 0 Å². The molecule has 0 fully saturated rings. The molecule has 0 saturated carbocycles. The third-order valence-electron chi connectivity index (χ3n) is 2.18. The Kier molecular flexibility index (Phi) is 6.31. The molecular weight excluding hydrogens is 293 g/mol. The molecule has 1 aromatic rings. The Bertz CT molecular complexity index is 336. The SMILES string of the molecule is COCC(CO)NCc1ccc(Br)cc1Cl. The van der Waals surface area contributed by atoms with Gasteiger partial charge in [0.2, 0.25) is 0 Å². The van der Waals surface area contributed by atoms with Crippen LogP contribution >= 0.6 is 27.5 Å². The van der Waals surface area contributed by atoms with Crippen molar-refractivity contribution in [1.29, 1.82) is 0 Å². The van der Waals surface area contributed by atoms with Gasteiger partial charge in [0.1, 0.15) is 0 Å².